The summed E-state index contributed by atoms with van der Waals surface area (Å²) < 4.78 is 16.6. The molecule has 0 unspecified atom stereocenters. The Balaban J connectivity index is 1.97. The van der Waals surface area contributed by atoms with Crippen LogP contribution in [0.15, 0.2) is 36.7 Å². The maximum absolute atomic E-state index is 14.7. The number of halogens is 1. The summed E-state index contributed by atoms with van der Waals surface area (Å²) >= 11 is 0. The van der Waals surface area contributed by atoms with Crippen molar-refractivity contribution in [3.8, 4) is 11.3 Å². The molecule has 0 aliphatic heterocycles. The second kappa shape index (κ2) is 4.88. The van der Waals surface area contributed by atoms with Crippen molar-refractivity contribution in [3.63, 3.8) is 0 Å². The Morgan fingerprint density at radius 1 is 1.21 bits per heavy atom. The molecule has 0 spiro atoms. The molecule has 4 aromatic rings. The fourth-order valence-electron chi connectivity index (χ4n) is 3.02. The SMILES string of the molecule is Cc1nc(-c2ccc(C(C)(C)O)cc2F)c2cnc3[nH]ccc3n12. The summed E-state index contributed by atoms with van der Waals surface area (Å²) in [6.07, 6.45) is 3.51. The lowest BCUT2D eigenvalue weighted by Gasteiger charge is -2.18. The summed E-state index contributed by atoms with van der Waals surface area (Å²) in [6.45, 7) is 5.14. The van der Waals surface area contributed by atoms with Crippen molar-refractivity contribution in [1.82, 2.24) is 19.4 Å². The normalized spacial score (nSPS) is 12.4. The lowest BCUT2D eigenvalue weighted by molar-refractivity contribution is 0.0782. The van der Waals surface area contributed by atoms with E-state index in [4.69, 9.17) is 0 Å². The van der Waals surface area contributed by atoms with Crippen molar-refractivity contribution in [1.29, 1.82) is 0 Å². The largest absolute Gasteiger partial charge is 0.386 e. The van der Waals surface area contributed by atoms with Crippen molar-refractivity contribution in [2.24, 2.45) is 0 Å². The molecule has 0 aliphatic rings. The molecule has 0 aliphatic carbocycles. The van der Waals surface area contributed by atoms with Gasteiger partial charge in [-0.3, -0.25) is 4.40 Å². The number of hydrogen-bond acceptors (Lipinski definition) is 3. The number of rotatable bonds is 2. The van der Waals surface area contributed by atoms with Crippen LogP contribution in [0.1, 0.15) is 25.2 Å². The Kier molecular flexibility index (Phi) is 3.02. The van der Waals surface area contributed by atoms with Crippen LogP contribution in [0.2, 0.25) is 0 Å². The number of aliphatic hydroxyl groups is 1. The number of aryl methyl sites for hydroxylation is 1. The highest BCUT2D eigenvalue weighted by atomic mass is 19.1. The van der Waals surface area contributed by atoms with E-state index < -0.39 is 11.4 Å². The third-order valence-electron chi connectivity index (χ3n) is 4.27. The first-order valence-electron chi connectivity index (χ1n) is 7.70. The van der Waals surface area contributed by atoms with E-state index in [1.54, 1.807) is 32.2 Å². The molecule has 3 aromatic heterocycles. The van der Waals surface area contributed by atoms with Crippen LogP contribution in [0.25, 0.3) is 27.9 Å². The smallest absolute Gasteiger partial charge is 0.154 e. The maximum atomic E-state index is 14.7. The second-order valence-corrected chi connectivity index (χ2v) is 6.45. The lowest BCUT2D eigenvalue weighted by Crippen LogP contribution is -2.15. The molecule has 0 saturated heterocycles. The fraction of sp³-hybridized carbons (Fsp3) is 0.222. The Morgan fingerprint density at radius 3 is 2.71 bits per heavy atom. The van der Waals surface area contributed by atoms with Crippen LogP contribution in [0.3, 0.4) is 0 Å². The predicted octanol–water partition coefficient (Wildman–Crippen LogP) is 3.55. The third kappa shape index (κ3) is 2.11. The molecule has 5 nitrogen and oxygen atoms in total. The van der Waals surface area contributed by atoms with Gasteiger partial charge in [0.1, 0.15) is 17.3 Å². The molecule has 0 amide bonds. The van der Waals surface area contributed by atoms with Crippen molar-refractivity contribution >= 4 is 16.7 Å². The monoisotopic (exact) mass is 324 g/mol. The Morgan fingerprint density at radius 2 is 2.00 bits per heavy atom. The van der Waals surface area contributed by atoms with E-state index in [0.717, 1.165) is 22.5 Å². The van der Waals surface area contributed by atoms with Gasteiger partial charge >= 0.3 is 0 Å². The molecule has 0 bridgehead atoms. The minimum absolute atomic E-state index is 0.394. The average Bonchev–Trinajstić information content (AvgIpc) is 3.10. The molecule has 1 aromatic carbocycles. The topological polar surface area (TPSA) is 66.2 Å². The predicted molar refractivity (Wildman–Crippen MR) is 90.2 cm³/mol. The summed E-state index contributed by atoms with van der Waals surface area (Å²) in [6, 6.07) is 6.66. The van der Waals surface area contributed by atoms with E-state index >= 15 is 0 Å². The highest BCUT2D eigenvalue weighted by molar-refractivity contribution is 5.84. The van der Waals surface area contributed by atoms with Crippen molar-refractivity contribution in [2.75, 3.05) is 0 Å². The van der Waals surface area contributed by atoms with Gasteiger partial charge in [-0.2, -0.15) is 0 Å². The first kappa shape index (κ1) is 14.8. The maximum Gasteiger partial charge on any atom is 0.154 e. The molecule has 0 radical (unpaired) electrons. The van der Waals surface area contributed by atoms with Gasteiger partial charge in [-0.25, -0.2) is 14.4 Å². The van der Waals surface area contributed by atoms with Crippen LogP contribution in [0.5, 0.6) is 0 Å². The zero-order valence-corrected chi connectivity index (χ0v) is 13.6. The number of imidazole rings is 1. The summed E-state index contributed by atoms with van der Waals surface area (Å²) in [5.74, 6) is 0.349. The Hall–Kier alpha value is -2.73. The molecule has 0 atom stereocenters. The van der Waals surface area contributed by atoms with Gasteiger partial charge in [-0.1, -0.05) is 6.07 Å². The zero-order chi connectivity index (χ0) is 17.1. The van der Waals surface area contributed by atoms with E-state index in [1.165, 1.54) is 6.07 Å². The van der Waals surface area contributed by atoms with E-state index in [9.17, 15) is 9.50 Å². The van der Waals surface area contributed by atoms with Crippen molar-refractivity contribution < 1.29 is 9.50 Å². The van der Waals surface area contributed by atoms with Crippen molar-refractivity contribution in [3.05, 3.63) is 53.9 Å². The number of fused-ring (bicyclic) bond motifs is 3. The fourth-order valence-corrected chi connectivity index (χ4v) is 3.02. The molecule has 3 heterocycles. The van der Waals surface area contributed by atoms with Gasteiger partial charge in [-0.15, -0.1) is 0 Å². The number of hydrogen-bond donors (Lipinski definition) is 2. The van der Waals surface area contributed by atoms with Crippen LogP contribution in [0, 0.1) is 12.7 Å². The Bertz CT molecular complexity index is 1070. The minimum Gasteiger partial charge on any atom is -0.386 e. The second-order valence-electron chi connectivity index (χ2n) is 6.45. The van der Waals surface area contributed by atoms with Gasteiger partial charge in [0.05, 0.1) is 22.8 Å². The molecule has 0 saturated carbocycles. The third-order valence-corrected chi connectivity index (χ3v) is 4.27. The van der Waals surface area contributed by atoms with Gasteiger partial charge in [0.15, 0.2) is 5.65 Å². The first-order valence-corrected chi connectivity index (χ1v) is 7.70. The minimum atomic E-state index is -1.09. The first-order chi connectivity index (χ1) is 11.4. The molecular formula is C18H17FN4O. The van der Waals surface area contributed by atoms with E-state index in [0.29, 0.717) is 16.8 Å². The van der Waals surface area contributed by atoms with Crippen molar-refractivity contribution in [2.45, 2.75) is 26.4 Å². The van der Waals surface area contributed by atoms with Crippen LogP contribution in [-0.2, 0) is 5.60 Å². The Labute approximate surface area is 137 Å². The van der Waals surface area contributed by atoms with E-state index in [-0.39, 0.29) is 0 Å². The highest BCUT2D eigenvalue weighted by Gasteiger charge is 2.21. The van der Waals surface area contributed by atoms with Gasteiger partial charge in [0.2, 0.25) is 0 Å². The molecule has 24 heavy (non-hydrogen) atoms. The molecular weight excluding hydrogens is 307 g/mol. The van der Waals surface area contributed by atoms with Crippen LogP contribution < -0.4 is 0 Å². The number of aromatic nitrogens is 4. The molecule has 0 fully saturated rings. The standard InChI is InChI=1S/C18H17FN4O/c1-10-22-16(12-5-4-11(8-13(12)19)18(2,3)24)15-9-21-17-14(23(10)15)6-7-20-17/h4-9,20,24H,1-3H3. The number of nitrogens with zero attached hydrogens (tertiary/aromatic N) is 3. The van der Waals surface area contributed by atoms with Crippen LogP contribution in [0.4, 0.5) is 4.39 Å². The van der Waals surface area contributed by atoms with E-state index in [1.807, 2.05) is 23.6 Å². The summed E-state index contributed by atoms with van der Waals surface area (Å²) in [7, 11) is 0. The highest BCUT2D eigenvalue weighted by Crippen LogP contribution is 2.31. The zero-order valence-electron chi connectivity index (χ0n) is 13.6. The number of H-pyrrole nitrogens is 1. The van der Waals surface area contributed by atoms with Gasteiger partial charge in [0, 0.05) is 11.8 Å². The molecule has 4 rings (SSSR count). The number of benzene rings is 1. The quantitative estimate of drug-likeness (QED) is 0.592. The molecule has 6 heteroatoms. The van der Waals surface area contributed by atoms with Gasteiger partial charge in [-0.05, 0) is 44.5 Å². The molecule has 2 N–H and O–H groups in total. The van der Waals surface area contributed by atoms with Crippen LogP contribution in [-0.4, -0.2) is 24.5 Å². The van der Waals surface area contributed by atoms with Gasteiger partial charge in [0.25, 0.3) is 0 Å². The lowest BCUT2D eigenvalue weighted by atomic mass is 9.96. The van der Waals surface area contributed by atoms with Gasteiger partial charge < -0.3 is 10.1 Å². The summed E-state index contributed by atoms with van der Waals surface area (Å²) in [5.41, 5.74) is 2.77. The van der Waals surface area contributed by atoms with Crippen LogP contribution >= 0.6 is 0 Å². The van der Waals surface area contributed by atoms with E-state index in [2.05, 4.69) is 15.0 Å². The summed E-state index contributed by atoms with van der Waals surface area (Å²) in [4.78, 5) is 12.0. The number of aromatic amines is 1. The number of nitrogens with one attached hydrogen (secondary N) is 1. The summed E-state index contributed by atoms with van der Waals surface area (Å²) in [5, 5.41) is 10.0. The molecule has 122 valence electrons. The average molecular weight is 324 g/mol.